The fourth-order valence-corrected chi connectivity index (χ4v) is 5.17. The van der Waals surface area contributed by atoms with Gasteiger partial charge in [0.1, 0.15) is 24.2 Å². The molecule has 0 bridgehead atoms. The molecule has 214 valence electrons. The zero-order valence-corrected chi connectivity index (χ0v) is 23.0. The summed E-state index contributed by atoms with van der Waals surface area (Å²) >= 11 is 12.7. The van der Waals surface area contributed by atoms with Gasteiger partial charge >= 0.3 is 0 Å². The molecule has 0 aliphatic carbocycles. The molecule has 2 fully saturated rings. The van der Waals surface area contributed by atoms with E-state index in [1.54, 1.807) is 37.3 Å². The number of aliphatic hydroxyl groups is 2. The van der Waals surface area contributed by atoms with Gasteiger partial charge in [-0.05, 0) is 18.9 Å². The molecule has 0 radical (unpaired) electrons. The topological polar surface area (TPSA) is 177 Å². The van der Waals surface area contributed by atoms with Crippen molar-refractivity contribution in [3.63, 3.8) is 0 Å². The summed E-state index contributed by atoms with van der Waals surface area (Å²) in [6.07, 6.45) is -1.57. The highest BCUT2D eigenvalue weighted by Gasteiger charge is 2.49. The predicted octanol–water partition coefficient (Wildman–Crippen LogP) is -1.09. The first-order chi connectivity index (χ1) is 18.5. The average molecular weight is 586 g/mol. The Bertz CT molecular complexity index is 1080. The second-order valence-corrected chi connectivity index (χ2v) is 10.6. The third-order valence-corrected chi connectivity index (χ3v) is 7.82. The third-order valence-electron chi connectivity index (χ3n) is 6.74. The Morgan fingerprint density at radius 1 is 0.949 bits per heavy atom. The summed E-state index contributed by atoms with van der Waals surface area (Å²) in [5.41, 5.74) is 0.554. The lowest BCUT2D eigenvalue weighted by atomic mass is 10.0. The first-order valence-corrected chi connectivity index (χ1v) is 13.5. The van der Waals surface area contributed by atoms with Crippen LogP contribution in [0, 0.1) is 0 Å². The lowest BCUT2D eigenvalue weighted by molar-refractivity contribution is -0.144. The summed E-state index contributed by atoms with van der Waals surface area (Å²) in [5.74, 6) is -3.75. The quantitative estimate of drug-likeness (QED) is 0.243. The van der Waals surface area contributed by atoms with Gasteiger partial charge in [-0.1, -0.05) is 37.3 Å². The molecule has 0 aromatic heterocycles. The van der Waals surface area contributed by atoms with E-state index in [-0.39, 0.29) is 19.4 Å². The summed E-state index contributed by atoms with van der Waals surface area (Å²) in [5, 5.41) is 28.5. The van der Waals surface area contributed by atoms with Crippen LogP contribution < -0.4 is 21.3 Å². The maximum atomic E-state index is 13.5. The van der Waals surface area contributed by atoms with Crippen LogP contribution in [0.4, 0.5) is 0 Å². The Kier molecular flexibility index (Phi) is 10.5. The molecule has 2 saturated heterocycles. The van der Waals surface area contributed by atoms with E-state index in [9.17, 15) is 34.2 Å². The van der Waals surface area contributed by atoms with Crippen molar-refractivity contribution in [2.45, 2.75) is 73.8 Å². The molecule has 0 spiro atoms. The van der Waals surface area contributed by atoms with Gasteiger partial charge in [0, 0.05) is 6.54 Å². The van der Waals surface area contributed by atoms with Crippen LogP contribution in [0.25, 0.3) is 0 Å². The molecule has 1 aromatic carbocycles. The number of amides is 5. The molecule has 3 rings (SSSR count). The highest BCUT2D eigenvalue weighted by molar-refractivity contribution is 6.32. The minimum Gasteiger partial charge on any atom is -0.394 e. The number of carbonyl (C=O) groups excluding carboxylic acids is 5. The van der Waals surface area contributed by atoms with Gasteiger partial charge in [0.15, 0.2) is 0 Å². The van der Waals surface area contributed by atoms with E-state index in [0.717, 1.165) is 4.90 Å². The number of alkyl halides is 2. The molecule has 0 unspecified atom stereocenters. The van der Waals surface area contributed by atoms with Gasteiger partial charge in [-0.3, -0.25) is 24.0 Å². The van der Waals surface area contributed by atoms with E-state index in [1.807, 2.05) is 0 Å². The molecule has 5 amide bonds. The summed E-state index contributed by atoms with van der Waals surface area (Å²) < 4.78 is 0. The Morgan fingerprint density at radius 3 is 2.15 bits per heavy atom. The first-order valence-electron chi connectivity index (χ1n) is 12.6. The standard InChI is InChI=1S/C25H33Cl2N5O7/c1-3-15-22(36)30-17(11-33)23(37)29-16(13-7-5-4-6-8-13)9-18(35)31-20(12(2)34)25(39)32-10-14(26)19(27)21(32)24(38)28-15/h4-8,12,14-17,19-21,33-34H,3,9-11H2,1-2H3,(H,28,38)(H,29,37)(H,30,36)(H,31,35)/t12-,14+,15+,16+,17-,19+,20-,21-/m1/s1. The third kappa shape index (κ3) is 7.18. The second-order valence-electron chi connectivity index (χ2n) is 9.57. The number of hydrogen-bond donors (Lipinski definition) is 6. The van der Waals surface area contributed by atoms with Crippen molar-refractivity contribution in [2.75, 3.05) is 13.2 Å². The molecule has 0 saturated carbocycles. The van der Waals surface area contributed by atoms with E-state index < -0.39 is 83.2 Å². The smallest absolute Gasteiger partial charge is 0.248 e. The minimum absolute atomic E-state index is 0.119. The monoisotopic (exact) mass is 585 g/mol. The van der Waals surface area contributed by atoms with Crippen LogP contribution in [-0.4, -0.2) is 98.8 Å². The molecule has 6 N–H and O–H groups in total. The fourth-order valence-electron chi connectivity index (χ4n) is 4.56. The molecular formula is C25H33Cl2N5O7. The Balaban J connectivity index is 2.03. The number of aliphatic hydroxyl groups excluding tert-OH is 2. The summed E-state index contributed by atoms with van der Waals surface area (Å²) in [7, 11) is 0. The molecule has 12 nitrogen and oxygen atoms in total. The molecule has 8 atom stereocenters. The number of hydrogen-bond acceptors (Lipinski definition) is 7. The SMILES string of the molecule is CC[C@@H]1NC(=O)[C@H]2[C@@H](Cl)[C@@H](Cl)CN2C(=O)[C@@H]([C@@H](C)O)NC(=O)C[C@@H](c2ccccc2)NC(=O)[C@@H](CO)NC1=O. The molecule has 2 aliphatic rings. The van der Waals surface area contributed by atoms with Crippen LogP contribution in [0.5, 0.6) is 0 Å². The number of fused-ring (bicyclic) bond motifs is 1. The van der Waals surface area contributed by atoms with Crippen LogP contribution in [0.2, 0.25) is 0 Å². The van der Waals surface area contributed by atoms with Gasteiger partial charge < -0.3 is 36.4 Å². The maximum Gasteiger partial charge on any atom is 0.248 e. The van der Waals surface area contributed by atoms with Crippen molar-refractivity contribution in [3.05, 3.63) is 35.9 Å². The van der Waals surface area contributed by atoms with Crippen LogP contribution in [-0.2, 0) is 24.0 Å². The van der Waals surface area contributed by atoms with E-state index >= 15 is 0 Å². The zero-order valence-electron chi connectivity index (χ0n) is 21.5. The lowest BCUT2D eigenvalue weighted by Gasteiger charge is -2.32. The Morgan fingerprint density at radius 2 is 1.56 bits per heavy atom. The molecule has 1 aromatic rings. The van der Waals surface area contributed by atoms with Crippen LogP contribution in [0.1, 0.15) is 38.3 Å². The average Bonchev–Trinajstić information content (AvgIpc) is 3.21. The number of benzene rings is 1. The number of carbonyl (C=O) groups is 5. The Hall–Kier alpha value is -2.93. The van der Waals surface area contributed by atoms with E-state index in [0.29, 0.717) is 5.56 Å². The predicted molar refractivity (Wildman–Crippen MR) is 142 cm³/mol. The molecular weight excluding hydrogens is 553 g/mol. The van der Waals surface area contributed by atoms with E-state index in [4.69, 9.17) is 23.2 Å². The molecule has 2 aliphatic heterocycles. The van der Waals surface area contributed by atoms with Crippen molar-refractivity contribution >= 4 is 52.7 Å². The summed E-state index contributed by atoms with van der Waals surface area (Å²) in [6.45, 7) is 2.05. The van der Waals surface area contributed by atoms with Crippen molar-refractivity contribution in [3.8, 4) is 0 Å². The molecule has 14 heteroatoms. The van der Waals surface area contributed by atoms with E-state index in [1.165, 1.54) is 6.92 Å². The normalized spacial score (nSPS) is 32.0. The van der Waals surface area contributed by atoms with Gasteiger partial charge in [-0.2, -0.15) is 0 Å². The lowest BCUT2D eigenvalue weighted by Crippen LogP contribution is -2.61. The van der Waals surface area contributed by atoms with Crippen molar-refractivity contribution in [2.24, 2.45) is 0 Å². The molecule has 39 heavy (non-hydrogen) atoms. The largest absolute Gasteiger partial charge is 0.394 e. The number of rotatable bonds is 4. The fraction of sp³-hybridized carbons (Fsp3) is 0.560. The minimum atomic E-state index is -1.45. The number of nitrogens with one attached hydrogen (secondary N) is 4. The number of halogens is 2. The maximum absolute atomic E-state index is 13.5. The van der Waals surface area contributed by atoms with Crippen molar-refractivity contribution in [1.82, 2.24) is 26.2 Å². The van der Waals surface area contributed by atoms with Gasteiger partial charge in [0.25, 0.3) is 0 Å². The summed E-state index contributed by atoms with van der Waals surface area (Å²) in [6, 6.07) is 2.37. The van der Waals surface area contributed by atoms with Crippen LogP contribution in [0.3, 0.4) is 0 Å². The van der Waals surface area contributed by atoms with Gasteiger partial charge in [0.2, 0.25) is 29.5 Å². The second kappa shape index (κ2) is 13.4. The highest BCUT2D eigenvalue weighted by atomic mass is 35.5. The van der Waals surface area contributed by atoms with Crippen molar-refractivity contribution < 1.29 is 34.2 Å². The number of nitrogens with zero attached hydrogens (tertiary/aromatic N) is 1. The van der Waals surface area contributed by atoms with Crippen molar-refractivity contribution in [1.29, 1.82) is 0 Å². The van der Waals surface area contributed by atoms with Gasteiger partial charge in [-0.15, -0.1) is 23.2 Å². The van der Waals surface area contributed by atoms with E-state index in [2.05, 4.69) is 21.3 Å². The van der Waals surface area contributed by atoms with Crippen LogP contribution in [0.15, 0.2) is 30.3 Å². The summed E-state index contributed by atoms with van der Waals surface area (Å²) in [4.78, 5) is 67.0. The van der Waals surface area contributed by atoms with Gasteiger partial charge in [0.05, 0.1) is 35.9 Å². The Labute approximate surface area is 235 Å². The van der Waals surface area contributed by atoms with Crippen LogP contribution >= 0.6 is 23.2 Å². The zero-order chi connectivity index (χ0) is 28.9. The highest BCUT2D eigenvalue weighted by Crippen LogP contribution is 2.29. The van der Waals surface area contributed by atoms with Gasteiger partial charge in [-0.25, -0.2) is 0 Å². The molecule has 2 heterocycles. The first kappa shape index (κ1) is 30.6.